The standard InChI is InChI=1S/C18H26ClNO4/c1-11-10-12(8-9-13(11)19)24-18(2,3)17(22)20-14-6-5-7-15(23-4)16(14)21/h8-10,14-16,21H,5-7H2,1-4H3,(H,20,22)/t14-,15-,16-/m1/s1. The van der Waals surface area contributed by atoms with Crippen LogP contribution in [0, 0.1) is 6.92 Å². The summed E-state index contributed by atoms with van der Waals surface area (Å²) in [6.07, 6.45) is 1.47. The SMILES string of the molecule is CO[C@@H]1CCC[C@@H](NC(=O)C(C)(C)Oc2ccc(Cl)c(C)c2)[C@H]1O. The molecule has 0 aromatic heterocycles. The van der Waals surface area contributed by atoms with Gasteiger partial charge in [-0.15, -0.1) is 0 Å². The van der Waals surface area contributed by atoms with E-state index in [1.807, 2.05) is 6.92 Å². The number of hydrogen-bond acceptors (Lipinski definition) is 4. The summed E-state index contributed by atoms with van der Waals surface area (Å²) in [5.74, 6) is 0.312. The topological polar surface area (TPSA) is 67.8 Å². The summed E-state index contributed by atoms with van der Waals surface area (Å²) in [7, 11) is 1.58. The number of halogens is 1. The minimum atomic E-state index is -1.07. The molecule has 134 valence electrons. The smallest absolute Gasteiger partial charge is 0.263 e. The third-order valence-electron chi connectivity index (χ3n) is 4.47. The fourth-order valence-electron chi connectivity index (χ4n) is 2.92. The largest absolute Gasteiger partial charge is 0.478 e. The Kier molecular flexibility index (Phi) is 6.12. The number of carbonyl (C=O) groups excluding carboxylic acids is 1. The highest BCUT2D eigenvalue weighted by Gasteiger charge is 2.37. The second kappa shape index (κ2) is 7.72. The monoisotopic (exact) mass is 355 g/mol. The molecule has 1 aliphatic rings. The fourth-order valence-corrected chi connectivity index (χ4v) is 3.04. The van der Waals surface area contributed by atoms with Crippen LogP contribution in [0.4, 0.5) is 0 Å². The van der Waals surface area contributed by atoms with Crippen LogP contribution in [0.1, 0.15) is 38.7 Å². The molecule has 1 aromatic carbocycles. The molecule has 1 amide bonds. The first-order valence-corrected chi connectivity index (χ1v) is 8.59. The third kappa shape index (κ3) is 4.41. The maximum Gasteiger partial charge on any atom is 0.263 e. The highest BCUT2D eigenvalue weighted by molar-refractivity contribution is 6.31. The molecule has 1 aromatic rings. The van der Waals surface area contributed by atoms with Gasteiger partial charge in [0.15, 0.2) is 5.60 Å². The van der Waals surface area contributed by atoms with E-state index in [4.69, 9.17) is 21.1 Å². The van der Waals surface area contributed by atoms with Gasteiger partial charge in [0, 0.05) is 12.1 Å². The normalized spacial score (nSPS) is 24.5. The number of aryl methyl sites for hydroxylation is 1. The molecule has 0 saturated heterocycles. The third-order valence-corrected chi connectivity index (χ3v) is 4.89. The predicted molar refractivity (Wildman–Crippen MR) is 93.5 cm³/mol. The Bertz CT molecular complexity index is 590. The molecule has 3 atom stereocenters. The number of ether oxygens (including phenoxy) is 2. The molecular weight excluding hydrogens is 330 g/mol. The maximum absolute atomic E-state index is 12.6. The van der Waals surface area contributed by atoms with Gasteiger partial charge in [-0.25, -0.2) is 0 Å². The Morgan fingerprint density at radius 3 is 2.71 bits per heavy atom. The number of benzene rings is 1. The lowest BCUT2D eigenvalue weighted by Crippen LogP contribution is -2.57. The van der Waals surface area contributed by atoms with E-state index < -0.39 is 11.7 Å². The van der Waals surface area contributed by atoms with Gasteiger partial charge in [0.2, 0.25) is 0 Å². The minimum Gasteiger partial charge on any atom is -0.478 e. The van der Waals surface area contributed by atoms with Gasteiger partial charge in [0.05, 0.1) is 12.1 Å². The van der Waals surface area contributed by atoms with E-state index in [0.717, 1.165) is 24.8 Å². The van der Waals surface area contributed by atoms with E-state index >= 15 is 0 Å². The number of hydrogen-bond donors (Lipinski definition) is 2. The van der Waals surface area contributed by atoms with Crippen molar-refractivity contribution in [3.05, 3.63) is 28.8 Å². The first-order valence-electron chi connectivity index (χ1n) is 8.21. The van der Waals surface area contributed by atoms with E-state index in [-0.39, 0.29) is 18.1 Å². The van der Waals surface area contributed by atoms with Gasteiger partial charge in [0.1, 0.15) is 11.9 Å². The molecule has 2 N–H and O–H groups in total. The van der Waals surface area contributed by atoms with Gasteiger partial charge in [-0.2, -0.15) is 0 Å². The van der Waals surface area contributed by atoms with Gasteiger partial charge < -0.3 is 19.9 Å². The summed E-state index contributed by atoms with van der Waals surface area (Å²) in [6, 6.07) is 4.95. The average Bonchev–Trinajstić information content (AvgIpc) is 2.52. The maximum atomic E-state index is 12.6. The van der Waals surface area contributed by atoms with Gasteiger partial charge in [-0.05, 0) is 63.8 Å². The summed E-state index contributed by atoms with van der Waals surface area (Å²) in [5, 5.41) is 13.9. The first kappa shape index (κ1) is 19.0. The number of amides is 1. The Morgan fingerprint density at radius 2 is 2.08 bits per heavy atom. The van der Waals surface area contributed by atoms with Crippen molar-refractivity contribution >= 4 is 17.5 Å². The van der Waals surface area contributed by atoms with Crippen LogP contribution in [0.25, 0.3) is 0 Å². The number of aliphatic hydroxyl groups excluding tert-OH is 1. The summed E-state index contributed by atoms with van der Waals surface area (Å²) >= 11 is 6.01. The molecule has 6 heteroatoms. The second-order valence-electron chi connectivity index (χ2n) is 6.80. The summed E-state index contributed by atoms with van der Waals surface area (Å²) in [6.45, 7) is 5.29. The molecule has 0 radical (unpaired) electrons. The molecular formula is C18H26ClNO4. The van der Waals surface area contributed by atoms with Crippen molar-refractivity contribution in [1.29, 1.82) is 0 Å². The molecule has 1 fully saturated rings. The number of rotatable bonds is 5. The molecule has 2 rings (SSSR count). The molecule has 0 spiro atoms. The van der Waals surface area contributed by atoms with E-state index in [0.29, 0.717) is 10.8 Å². The van der Waals surface area contributed by atoms with Crippen LogP contribution in [0.3, 0.4) is 0 Å². The van der Waals surface area contributed by atoms with Crippen LogP contribution in [0.15, 0.2) is 18.2 Å². The van der Waals surface area contributed by atoms with Crippen LogP contribution in [-0.4, -0.2) is 42.0 Å². The Hall–Kier alpha value is -1.30. The van der Waals surface area contributed by atoms with Crippen LogP contribution in [0.5, 0.6) is 5.75 Å². The van der Waals surface area contributed by atoms with Crippen molar-refractivity contribution in [1.82, 2.24) is 5.32 Å². The highest BCUT2D eigenvalue weighted by Crippen LogP contribution is 2.26. The molecule has 1 saturated carbocycles. The van der Waals surface area contributed by atoms with Crippen molar-refractivity contribution < 1.29 is 19.4 Å². The van der Waals surface area contributed by atoms with E-state index in [2.05, 4.69) is 5.32 Å². The lowest BCUT2D eigenvalue weighted by molar-refractivity contribution is -0.137. The Balaban J connectivity index is 2.02. The zero-order chi connectivity index (χ0) is 17.9. The number of methoxy groups -OCH3 is 1. The first-order chi connectivity index (χ1) is 11.2. The molecule has 24 heavy (non-hydrogen) atoms. The number of nitrogens with one attached hydrogen (secondary N) is 1. The van der Waals surface area contributed by atoms with Crippen LogP contribution >= 0.6 is 11.6 Å². The highest BCUT2D eigenvalue weighted by atomic mass is 35.5. The van der Waals surface area contributed by atoms with Crippen molar-refractivity contribution in [3.63, 3.8) is 0 Å². The van der Waals surface area contributed by atoms with E-state index in [9.17, 15) is 9.90 Å². The zero-order valence-electron chi connectivity index (χ0n) is 14.6. The van der Waals surface area contributed by atoms with Gasteiger partial charge in [-0.3, -0.25) is 4.79 Å². The lowest BCUT2D eigenvalue weighted by atomic mass is 9.89. The Labute approximate surface area is 148 Å². The average molecular weight is 356 g/mol. The van der Waals surface area contributed by atoms with Gasteiger partial charge in [-0.1, -0.05) is 11.6 Å². The summed E-state index contributed by atoms with van der Waals surface area (Å²) in [4.78, 5) is 12.6. The predicted octanol–water partition coefficient (Wildman–Crippen LogP) is 2.85. The molecule has 0 unspecified atom stereocenters. The van der Waals surface area contributed by atoms with Crippen molar-refractivity contribution in [3.8, 4) is 5.75 Å². The zero-order valence-corrected chi connectivity index (χ0v) is 15.4. The van der Waals surface area contributed by atoms with Crippen LogP contribution in [0.2, 0.25) is 5.02 Å². The second-order valence-corrected chi connectivity index (χ2v) is 7.21. The minimum absolute atomic E-state index is 0.244. The fraction of sp³-hybridized carbons (Fsp3) is 0.611. The van der Waals surface area contributed by atoms with Crippen LogP contribution in [-0.2, 0) is 9.53 Å². The van der Waals surface area contributed by atoms with E-state index in [1.165, 1.54) is 0 Å². The molecule has 1 aliphatic carbocycles. The molecule has 0 bridgehead atoms. The summed E-state index contributed by atoms with van der Waals surface area (Å²) in [5.41, 5.74) is -0.184. The van der Waals surface area contributed by atoms with E-state index in [1.54, 1.807) is 39.2 Å². The number of aliphatic hydroxyl groups is 1. The van der Waals surface area contributed by atoms with Crippen molar-refractivity contribution in [2.45, 2.75) is 63.9 Å². The van der Waals surface area contributed by atoms with Gasteiger partial charge >= 0.3 is 0 Å². The van der Waals surface area contributed by atoms with Gasteiger partial charge in [0.25, 0.3) is 5.91 Å². The Morgan fingerprint density at radius 1 is 1.38 bits per heavy atom. The molecule has 0 aliphatic heterocycles. The van der Waals surface area contributed by atoms with Crippen LogP contribution < -0.4 is 10.1 Å². The molecule has 5 nitrogen and oxygen atoms in total. The van der Waals surface area contributed by atoms with Crippen molar-refractivity contribution in [2.24, 2.45) is 0 Å². The van der Waals surface area contributed by atoms with Crippen molar-refractivity contribution in [2.75, 3.05) is 7.11 Å². The summed E-state index contributed by atoms with van der Waals surface area (Å²) < 4.78 is 11.1. The molecule has 0 heterocycles. The quantitative estimate of drug-likeness (QED) is 0.852. The lowest BCUT2D eigenvalue weighted by Gasteiger charge is -2.36. The number of carbonyl (C=O) groups is 1.